The number of aryl methyl sites for hydroxylation is 1. The summed E-state index contributed by atoms with van der Waals surface area (Å²) in [5.74, 6) is 1.09. The summed E-state index contributed by atoms with van der Waals surface area (Å²) in [5.41, 5.74) is 1.88. The number of ketones is 1. The summed E-state index contributed by atoms with van der Waals surface area (Å²) in [6, 6.07) is 3.77. The first-order chi connectivity index (χ1) is 6.20. The molecule has 0 aromatic heterocycles. The number of halogens is 1. The van der Waals surface area contributed by atoms with Crippen LogP contribution in [0.15, 0.2) is 17.0 Å². The van der Waals surface area contributed by atoms with Gasteiger partial charge in [-0.15, -0.1) is 11.8 Å². The van der Waals surface area contributed by atoms with E-state index in [9.17, 15) is 4.79 Å². The van der Waals surface area contributed by atoms with E-state index in [1.165, 1.54) is 0 Å². The largest absolute Gasteiger partial charge is 0.294 e. The number of hydrogen-bond donors (Lipinski definition) is 0. The molecule has 1 aliphatic rings. The Labute approximate surface area is 86.5 Å². The van der Waals surface area contributed by atoms with Crippen molar-refractivity contribution >= 4 is 29.1 Å². The van der Waals surface area contributed by atoms with Crippen LogP contribution in [-0.4, -0.2) is 11.5 Å². The molecule has 1 aliphatic heterocycles. The van der Waals surface area contributed by atoms with E-state index < -0.39 is 0 Å². The molecule has 0 aliphatic carbocycles. The van der Waals surface area contributed by atoms with Crippen molar-refractivity contribution in [3.8, 4) is 0 Å². The van der Waals surface area contributed by atoms with Gasteiger partial charge in [-0.25, -0.2) is 0 Å². The highest BCUT2D eigenvalue weighted by molar-refractivity contribution is 7.99. The minimum absolute atomic E-state index is 0.230. The van der Waals surface area contributed by atoms with Gasteiger partial charge in [-0.3, -0.25) is 4.79 Å². The van der Waals surface area contributed by atoms with Gasteiger partial charge >= 0.3 is 0 Å². The van der Waals surface area contributed by atoms with Crippen molar-refractivity contribution in [1.29, 1.82) is 0 Å². The Kier molecular flexibility index (Phi) is 2.35. The van der Waals surface area contributed by atoms with Crippen LogP contribution in [-0.2, 0) is 0 Å². The molecule has 0 unspecified atom stereocenters. The predicted octanol–water partition coefficient (Wildman–Crippen LogP) is 3.33. The van der Waals surface area contributed by atoms with Crippen LogP contribution in [0.2, 0.25) is 5.02 Å². The quantitative estimate of drug-likeness (QED) is 0.656. The molecule has 2 rings (SSSR count). The molecular weight excluding hydrogens is 204 g/mol. The van der Waals surface area contributed by atoms with Crippen LogP contribution in [0.25, 0.3) is 0 Å². The van der Waals surface area contributed by atoms with Crippen molar-refractivity contribution in [3.05, 3.63) is 28.3 Å². The van der Waals surface area contributed by atoms with Gasteiger partial charge in [0.25, 0.3) is 0 Å². The molecule has 13 heavy (non-hydrogen) atoms. The van der Waals surface area contributed by atoms with Crippen molar-refractivity contribution in [3.63, 3.8) is 0 Å². The average molecular weight is 213 g/mol. The molecule has 3 heteroatoms. The van der Waals surface area contributed by atoms with Crippen LogP contribution >= 0.6 is 23.4 Å². The van der Waals surface area contributed by atoms with Crippen LogP contribution < -0.4 is 0 Å². The SMILES string of the molecule is Cc1ccc(Cl)c2c1C(=O)CCS2. The van der Waals surface area contributed by atoms with Gasteiger partial charge in [0, 0.05) is 22.6 Å². The average Bonchev–Trinajstić information content (AvgIpc) is 2.12. The van der Waals surface area contributed by atoms with E-state index in [2.05, 4.69) is 0 Å². The third-order valence-electron chi connectivity index (χ3n) is 2.17. The van der Waals surface area contributed by atoms with Crippen molar-refractivity contribution in [2.45, 2.75) is 18.2 Å². The molecular formula is C10H9ClOS. The maximum absolute atomic E-state index is 11.6. The van der Waals surface area contributed by atoms with Gasteiger partial charge in [-0.1, -0.05) is 17.7 Å². The van der Waals surface area contributed by atoms with E-state index in [1.807, 2.05) is 19.1 Å². The standard InChI is InChI=1S/C10H9ClOS/c1-6-2-3-7(11)10-9(6)8(12)4-5-13-10/h2-3H,4-5H2,1H3. The number of thioether (sulfide) groups is 1. The monoisotopic (exact) mass is 212 g/mol. The number of benzene rings is 1. The Morgan fingerprint density at radius 2 is 2.23 bits per heavy atom. The minimum Gasteiger partial charge on any atom is -0.294 e. The predicted molar refractivity (Wildman–Crippen MR) is 55.9 cm³/mol. The second-order valence-electron chi connectivity index (χ2n) is 3.09. The maximum Gasteiger partial charge on any atom is 0.165 e. The number of carbonyl (C=O) groups excluding carboxylic acids is 1. The lowest BCUT2D eigenvalue weighted by atomic mass is 10.0. The molecule has 1 nitrogen and oxygen atoms in total. The smallest absolute Gasteiger partial charge is 0.165 e. The van der Waals surface area contributed by atoms with Crippen LogP contribution in [0.3, 0.4) is 0 Å². The zero-order valence-corrected chi connectivity index (χ0v) is 8.84. The summed E-state index contributed by atoms with van der Waals surface area (Å²) in [6.07, 6.45) is 0.638. The summed E-state index contributed by atoms with van der Waals surface area (Å²) < 4.78 is 0. The summed E-state index contributed by atoms with van der Waals surface area (Å²) in [6.45, 7) is 1.96. The van der Waals surface area contributed by atoms with Crippen molar-refractivity contribution in [2.75, 3.05) is 5.75 Å². The highest BCUT2D eigenvalue weighted by Crippen LogP contribution is 2.37. The van der Waals surface area contributed by atoms with Gasteiger partial charge in [-0.2, -0.15) is 0 Å². The zero-order valence-electron chi connectivity index (χ0n) is 7.26. The third kappa shape index (κ3) is 1.49. The number of hydrogen-bond acceptors (Lipinski definition) is 2. The highest BCUT2D eigenvalue weighted by atomic mass is 35.5. The Morgan fingerprint density at radius 3 is 2.92 bits per heavy atom. The highest BCUT2D eigenvalue weighted by Gasteiger charge is 2.21. The van der Waals surface area contributed by atoms with Gasteiger partial charge in [-0.05, 0) is 18.6 Å². The normalized spacial score (nSPS) is 15.7. The molecule has 0 N–H and O–H groups in total. The molecule has 68 valence electrons. The van der Waals surface area contributed by atoms with Gasteiger partial charge in [0.15, 0.2) is 5.78 Å². The molecule has 0 radical (unpaired) electrons. The summed E-state index contributed by atoms with van der Waals surface area (Å²) >= 11 is 7.69. The van der Waals surface area contributed by atoms with Gasteiger partial charge in [0.1, 0.15) is 0 Å². The van der Waals surface area contributed by atoms with E-state index >= 15 is 0 Å². The molecule has 0 fully saturated rings. The lowest BCUT2D eigenvalue weighted by molar-refractivity contribution is 0.0984. The Morgan fingerprint density at radius 1 is 1.46 bits per heavy atom. The summed E-state index contributed by atoms with van der Waals surface area (Å²) in [5, 5.41) is 0.707. The molecule has 0 bridgehead atoms. The zero-order chi connectivity index (χ0) is 9.42. The van der Waals surface area contributed by atoms with Crippen molar-refractivity contribution in [1.82, 2.24) is 0 Å². The lowest BCUT2D eigenvalue weighted by Gasteiger charge is -2.17. The Hall–Kier alpha value is -0.470. The van der Waals surface area contributed by atoms with Gasteiger partial charge in [0.05, 0.1) is 5.02 Å². The fourth-order valence-corrected chi connectivity index (χ4v) is 2.95. The van der Waals surface area contributed by atoms with E-state index in [0.29, 0.717) is 11.4 Å². The molecule has 1 aromatic carbocycles. The first-order valence-electron chi connectivity index (χ1n) is 4.15. The van der Waals surface area contributed by atoms with Gasteiger partial charge in [0.2, 0.25) is 0 Å². The molecule has 0 atom stereocenters. The third-order valence-corrected chi connectivity index (χ3v) is 3.72. The number of Topliss-reactive ketones (excluding diaryl/α,β-unsaturated/α-hetero) is 1. The molecule has 0 spiro atoms. The van der Waals surface area contributed by atoms with Crippen LogP contribution in [0, 0.1) is 6.92 Å². The number of rotatable bonds is 0. The van der Waals surface area contributed by atoms with E-state index in [-0.39, 0.29) is 5.78 Å². The lowest BCUT2D eigenvalue weighted by Crippen LogP contribution is -2.10. The molecule has 0 amide bonds. The second kappa shape index (κ2) is 3.35. The maximum atomic E-state index is 11.6. The molecule has 1 aromatic rings. The fraction of sp³-hybridized carbons (Fsp3) is 0.300. The first-order valence-corrected chi connectivity index (χ1v) is 5.51. The minimum atomic E-state index is 0.230. The van der Waals surface area contributed by atoms with Crippen LogP contribution in [0.4, 0.5) is 0 Å². The van der Waals surface area contributed by atoms with E-state index in [1.54, 1.807) is 11.8 Å². The van der Waals surface area contributed by atoms with Crippen molar-refractivity contribution < 1.29 is 4.79 Å². The first kappa shape index (κ1) is 9.10. The van der Waals surface area contributed by atoms with E-state index in [4.69, 9.17) is 11.6 Å². The number of carbonyl (C=O) groups is 1. The summed E-state index contributed by atoms with van der Waals surface area (Å²) in [7, 11) is 0. The summed E-state index contributed by atoms with van der Waals surface area (Å²) in [4.78, 5) is 12.6. The topological polar surface area (TPSA) is 17.1 Å². The molecule has 0 saturated heterocycles. The molecule has 1 heterocycles. The number of fused-ring (bicyclic) bond motifs is 1. The Bertz CT molecular complexity index is 373. The Balaban J connectivity index is 2.67. The van der Waals surface area contributed by atoms with E-state index in [0.717, 1.165) is 21.8 Å². The van der Waals surface area contributed by atoms with Crippen molar-refractivity contribution in [2.24, 2.45) is 0 Å². The molecule has 0 saturated carbocycles. The van der Waals surface area contributed by atoms with Crippen LogP contribution in [0.1, 0.15) is 22.3 Å². The van der Waals surface area contributed by atoms with Crippen LogP contribution in [0.5, 0.6) is 0 Å². The van der Waals surface area contributed by atoms with Gasteiger partial charge < -0.3 is 0 Å². The fourth-order valence-electron chi connectivity index (χ4n) is 1.51. The second-order valence-corrected chi connectivity index (χ2v) is 4.60.